The third-order valence-corrected chi connectivity index (χ3v) is 5.15. The number of aryl methyl sites for hydroxylation is 1. The first-order valence-electron chi connectivity index (χ1n) is 10.6. The number of ether oxygens (including phenoxy) is 1. The topological polar surface area (TPSA) is 70.6 Å². The van der Waals surface area contributed by atoms with E-state index < -0.39 is 0 Å². The van der Waals surface area contributed by atoms with Crippen LogP contribution >= 0.6 is 0 Å². The molecule has 160 valence electrons. The summed E-state index contributed by atoms with van der Waals surface area (Å²) in [7, 11) is 0. The molecule has 7 heteroatoms. The molecule has 0 spiro atoms. The second kappa shape index (κ2) is 9.47. The van der Waals surface area contributed by atoms with Crippen molar-refractivity contribution in [1.29, 1.82) is 0 Å². The van der Waals surface area contributed by atoms with E-state index in [1.807, 2.05) is 79.4 Å². The molecule has 0 atom stereocenters. The molecule has 0 radical (unpaired) electrons. The molecule has 0 unspecified atom stereocenters. The van der Waals surface area contributed by atoms with Gasteiger partial charge >= 0.3 is 0 Å². The van der Waals surface area contributed by atoms with Crippen molar-refractivity contribution >= 4 is 17.7 Å². The predicted molar refractivity (Wildman–Crippen MR) is 122 cm³/mol. The zero-order chi connectivity index (χ0) is 21.6. The molecular formula is C24H27N5O2. The summed E-state index contributed by atoms with van der Waals surface area (Å²) < 4.78 is 5.98. The average molecular weight is 418 g/mol. The van der Waals surface area contributed by atoms with Crippen LogP contribution in [-0.2, 0) is 0 Å². The first-order valence-corrected chi connectivity index (χ1v) is 10.6. The molecule has 2 aromatic carbocycles. The van der Waals surface area contributed by atoms with Crippen LogP contribution < -0.4 is 15.0 Å². The second-order valence-electron chi connectivity index (χ2n) is 7.41. The number of aromatic nitrogens is 2. The molecule has 1 aliphatic rings. The number of nitrogens with zero attached hydrogens (tertiary/aromatic N) is 4. The van der Waals surface area contributed by atoms with Crippen molar-refractivity contribution in [3.63, 3.8) is 0 Å². The van der Waals surface area contributed by atoms with Crippen LogP contribution in [0.2, 0.25) is 0 Å². The van der Waals surface area contributed by atoms with Crippen LogP contribution in [0.3, 0.4) is 0 Å². The van der Waals surface area contributed by atoms with E-state index in [0.717, 1.165) is 31.1 Å². The smallest absolute Gasteiger partial charge is 0.257 e. The monoisotopic (exact) mass is 417 g/mol. The number of carbonyl (C=O) groups is 1. The van der Waals surface area contributed by atoms with Gasteiger partial charge in [0.15, 0.2) is 0 Å². The summed E-state index contributed by atoms with van der Waals surface area (Å²) in [5, 5.41) is 3.18. The van der Waals surface area contributed by atoms with Crippen LogP contribution in [0.25, 0.3) is 0 Å². The Hall–Kier alpha value is -3.61. The number of anilines is 2. The normalized spacial score (nSPS) is 13.7. The van der Waals surface area contributed by atoms with Crippen LogP contribution in [0, 0.1) is 6.92 Å². The number of nitrogens with one attached hydrogen (secondary N) is 1. The highest BCUT2D eigenvalue weighted by atomic mass is 16.5. The summed E-state index contributed by atoms with van der Waals surface area (Å²) in [6.45, 7) is 7.45. The van der Waals surface area contributed by atoms with E-state index in [4.69, 9.17) is 4.74 Å². The fourth-order valence-electron chi connectivity index (χ4n) is 3.61. The Morgan fingerprint density at radius 3 is 2.45 bits per heavy atom. The number of hydrogen-bond acceptors (Lipinski definition) is 6. The minimum absolute atomic E-state index is 0.0154. The fraction of sp³-hybridized carbons (Fsp3) is 0.292. The molecule has 0 saturated carbocycles. The quantitative estimate of drug-likeness (QED) is 0.654. The summed E-state index contributed by atoms with van der Waals surface area (Å²) in [5.74, 6) is 2.80. The number of amides is 1. The van der Waals surface area contributed by atoms with Gasteiger partial charge in [-0.1, -0.05) is 30.3 Å². The van der Waals surface area contributed by atoms with Crippen LogP contribution in [0.5, 0.6) is 11.5 Å². The van der Waals surface area contributed by atoms with Gasteiger partial charge in [-0.25, -0.2) is 4.98 Å². The van der Waals surface area contributed by atoms with Crippen molar-refractivity contribution < 1.29 is 9.53 Å². The number of para-hydroxylation sites is 2. The maximum absolute atomic E-state index is 13.2. The molecule has 1 saturated heterocycles. The van der Waals surface area contributed by atoms with Crippen LogP contribution in [0.1, 0.15) is 23.0 Å². The molecule has 0 aliphatic carbocycles. The molecule has 31 heavy (non-hydrogen) atoms. The minimum atomic E-state index is -0.0154. The first-order chi connectivity index (χ1) is 15.1. The highest BCUT2D eigenvalue weighted by Gasteiger charge is 2.25. The molecule has 1 N–H and O–H groups in total. The van der Waals surface area contributed by atoms with Gasteiger partial charge in [0.05, 0.1) is 5.56 Å². The number of hydrogen-bond donors (Lipinski definition) is 1. The second-order valence-corrected chi connectivity index (χ2v) is 7.41. The Balaban J connectivity index is 1.45. The summed E-state index contributed by atoms with van der Waals surface area (Å²) >= 11 is 0. The summed E-state index contributed by atoms with van der Waals surface area (Å²) in [5.41, 5.74) is 1.50. The number of benzene rings is 2. The fourth-order valence-corrected chi connectivity index (χ4v) is 3.61. The molecule has 4 rings (SSSR count). The minimum Gasteiger partial charge on any atom is -0.457 e. The highest BCUT2D eigenvalue weighted by Crippen LogP contribution is 2.27. The maximum Gasteiger partial charge on any atom is 0.257 e. The zero-order valence-corrected chi connectivity index (χ0v) is 17.9. The largest absolute Gasteiger partial charge is 0.457 e. The van der Waals surface area contributed by atoms with Crippen molar-refractivity contribution in [3.05, 3.63) is 71.9 Å². The Labute approximate surface area is 182 Å². The molecule has 0 bridgehead atoms. The predicted octanol–water partition coefficient (Wildman–Crippen LogP) is 3.97. The third kappa shape index (κ3) is 4.94. The van der Waals surface area contributed by atoms with Gasteiger partial charge in [0.25, 0.3) is 5.91 Å². The maximum atomic E-state index is 13.2. The van der Waals surface area contributed by atoms with E-state index in [0.29, 0.717) is 36.1 Å². The van der Waals surface area contributed by atoms with Crippen molar-refractivity contribution in [2.45, 2.75) is 13.8 Å². The van der Waals surface area contributed by atoms with E-state index in [2.05, 4.69) is 20.2 Å². The van der Waals surface area contributed by atoms with Gasteiger partial charge in [-0.15, -0.1) is 0 Å². The molecule has 1 aliphatic heterocycles. The Bertz CT molecular complexity index is 1030. The molecule has 3 aromatic rings. The first kappa shape index (κ1) is 20.7. The van der Waals surface area contributed by atoms with Crippen molar-refractivity contribution in [2.75, 3.05) is 42.9 Å². The Morgan fingerprint density at radius 2 is 1.71 bits per heavy atom. The van der Waals surface area contributed by atoms with Gasteiger partial charge in [0.1, 0.15) is 17.3 Å². The lowest BCUT2D eigenvalue weighted by atomic mass is 10.1. The number of piperazine rings is 1. The van der Waals surface area contributed by atoms with Crippen LogP contribution in [0.4, 0.5) is 11.8 Å². The summed E-state index contributed by atoms with van der Waals surface area (Å²) in [6, 6.07) is 18.9. The average Bonchev–Trinajstić information content (AvgIpc) is 2.80. The van der Waals surface area contributed by atoms with E-state index in [1.54, 1.807) is 0 Å². The van der Waals surface area contributed by atoms with Crippen LogP contribution in [0.15, 0.2) is 60.7 Å². The molecular weight excluding hydrogens is 390 g/mol. The third-order valence-electron chi connectivity index (χ3n) is 5.15. The number of carbonyl (C=O) groups excluding carboxylic acids is 1. The van der Waals surface area contributed by atoms with Crippen molar-refractivity contribution in [3.8, 4) is 11.5 Å². The Kier molecular flexibility index (Phi) is 6.31. The molecule has 2 heterocycles. The van der Waals surface area contributed by atoms with E-state index in [9.17, 15) is 4.79 Å². The lowest BCUT2D eigenvalue weighted by Gasteiger charge is -2.35. The molecule has 1 aromatic heterocycles. The standard InChI is InChI=1S/C24H27N5O2/c1-3-25-24-26-18(2)17-22(27-24)28-13-15-29(16-14-28)23(30)20-11-7-8-12-21(20)31-19-9-5-4-6-10-19/h4-12,17H,3,13-16H2,1-2H3,(H,25,26,27). The summed E-state index contributed by atoms with van der Waals surface area (Å²) in [4.78, 5) is 26.4. The van der Waals surface area contributed by atoms with E-state index in [-0.39, 0.29) is 5.91 Å². The van der Waals surface area contributed by atoms with E-state index >= 15 is 0 Å². The Morgan fingerprint density at radius 1 is 1.00 bits per heavy atom. The van der Waals surface area contributed by atoms with Gasteiger partial charge in [-0.3, -0.25) is 4.79 Å². The lowest BCUT2D eigenvalue weighted by molar-refractivity contribution is 0.0744. The van der Waals surface area contributed by atoms with Gasteiger partial charge in [0.2, 0.25) is 5.95 Å². The van der Waals surface area contributed by atoms with Gasteiger partial charge in [-0.2, -0.15) is 4.98 Å². The van der Waals surface area contributed by atoms with Crippen molar-refractivity contribution in [1.82, 2.24) is 14.9 Å². The lowest BCUT2D eigenvalue weighted by Crippen LogP contribution is -2.49. The highest BCUT2D eigenvalue weighted by molar-refractivity contribution is 5.97. The van der Waals surface area contributed by atoms with Gasteiger partial charge in [0, 0.05) is 44.5 Å². The molecule has 1 amide bonds. The summed E-state index contributed by atoms with van der Waals surface area (Å²) in [6.07, 6.45) is 0. The SMILES string of the molecule is CCNc1nc(C)cc(N2CCN(C(=O)c3ccccc3Oc3ccccc3)CC2)n1. The molecule has 7 nitrogen and oxygen atoms in total. The van der Waals surface area contributed by atoms with E-state index in [1.165, 1.54) is 0 Å². The molecule has 1 fully saturated rings. The zero-order valence-electron chi connectivity index (χ0n) is 17.9. The van der Waals surface area contributed by atoms with Crippen LogP contribution in [-0.4, -0.2) is 53.5 Å². The van der Waals surface area contributed by atoms with Crippen molar-refractivity contribution in [2.24, 2.45) is 0 Å². The van der Waals surface area contributed by atoms with Gasteiger partial charge in [-0.05, 0) is 38.1 Å². The van der Waals surface area contributed by atoms with Gasteiger partial charge < -0.3 is 19.9 Å². The number of rotatable bonds is 6.